The van der Waals surface area contributed by atoms with E-state index >= 15 is 0 Å². The first kappa shape index (κ1) is 12.3. The molecule has 0 saturated heterocycles. The quantitative estimate of drug-likeness (QED) is 0.776. The largest absolute Gasteiger partial charge is 0.493 e. The Labute approximate surface area is 110 Å². The van der Waals surface area contributed by atoms with Crippen molar-refractivity contribution in [3.05, 3.63) is 47.0 Å². The van der Waals surface area contributed by atoms with Crippen LogP contribution in [0.1, 0.15) is 6.42 Å². The van der Waals surface area contributed by atoms with Gasteiger partial charge in [-0.25, -0.2) is 4.98 Å². The molecule has 0 aliphatic rings. The van der Waals surface area contributed by atoms with Crippen molar-refractivity contribution in [2.24, 2.45) is 0 Å². The molecule has 0 amide bonds. The predicted octanol–water partition coefficient (Wildman–Crippen LogP) is 3.66. The molecule has 1 aromatic carbocycles. The highest BCUT2D eigenvalue weighted by Crippen LogP contribution is 2.24. The monoisotopic (exact) mass is 270 g/mol. The van der Waals surface area contributed by atoms with Crippen LogP contribution in [-0.2, 0) is 6.54 Å². The zero-order valence-electron chi connectivity index (χ0n) is 9.14. The molecule has 0 aliphatic heterocycles. The van der Waals surface area contributed by atoms with Crippen molar-refractivity contribution in [3.8, 4) is 5.75 Å². The lowest BCUT2D eigenvalue weighted by atomic mass is 10.3. The smallest absolute Gasteiger partial charge is 0.122 e. The van der Waals surface area contributed by atoms with Crippen molar-refractivity contribution in [1.29, 1.82) is 0 Å². The van der Waals surface area contributed by atoms with E-state index in [1.807, 2.05) is 10.8 Å². The Balaban J connectivity index is 1.78. The lowest BCUT2D eigenvalue weighted by Gasteiger charge is -2.07. The number of benzene rings is 1. The molecule has 0 bridgehead atoms. The molecule has 2 rings (SSSR count). The van der Waals surface area contributed by atoms with Crippen LogP contribution >= 0.6 is 23.2 Å². The van der Waals surface area contributed by atoms with Gasteiger partial charge in [-0.2, -0.15) is 0 Å². The van der Waals surface area contributed by atoms with Gasteiger partial charge in [0.2, 0.25) is 0 Å². The normalized spacial score (nSPS) is 10.5. The fourth-order valence-corrected chi connectivity index (χ4v) is 1.97. The first-order valence-electron chi connectivity index (χ1n) is 5.29. The van der Waals surface area contributed by atoms with Gasteiger partial charge >= 0.3 is 0 Å². The Morgan fingerprint density at radius 1 is 1.18 bits per heavy atom. The molecule has 0 unspecified atom stereocenters. The van der Waals surface area contributed by atoms with Crippen LogP contribution in [0.5, 0.6) is 5.75 Å². The third kappa shape index (κ3) is 3.95. The van der Waals surface area contributed by atoms with E-state index in [1.54, 1.807) is 30.7 Å². The Hall–Kier alpha value is -1.19. The Kier molecular flexibility index (Phi) is 4.29. The zero-order chi connectivity index (χ0) is 12.1. The Morgan fingerprint density at radius 3 is 2.59 bits per heavy atom. The number of aromatic nitrogens is 2. The molecule has 1 heterocycles. The summed E-state index contributed by atoms with van der Waals surface area (Å²) in [5.41, 5.74) is 0. The van der Waals surface area contributed by atoms with Gasteiger partial charge in [-0.15, -0.1) is 0 Å². The molecule has 2 aromatic rings. The van der Waals surface area contributed by atoms with Crippen molar-refractivity contribution in [3.63, 3.8) is 0 Å². The summed E-state index contributed by atoms with van der Waals surface area (Å²) >= 11 is 11.7. The highest BCUT2D eigenvalue weighted by atomic mass is 35.5. The molecule has 5 heteroatoms. The average molecular weight is 271 g/mol. The molecule has 1 aromatic heterocycles. The summed E-state index contributed by atoms with van der Waals surface area (Å²) in [6.07, 6.45) is 6.38. The maximum atomic E-state index is 5.87. The van der Waals surface area contributed by atoms with Crippen molar-refractivity contribution in [1.82, 2.24) is 9.55 Å². The summed E-state index contributed by atoms with van der Waals surface area (Å²) < 4.78 is 7.57. The molecule has 0 N–H and O–H groups in total. The van der Waals surface area contributed by atoms with E-state index in [4.69, 9.17) is 27.9 Å². The van der Waals surface area contributed by atoms with Crippen LogP contribution in [0, 0.1) is 0 Å². The second kappa shape index (κ2) is 5.94. The van der Waals surface area contributed by atoms with Crippen LogP contribution in [0.25, 0.3) is 0 Å². The first-order chi connectivity index (χ1) is 8.24. The third-order valence-electron chi connectivity index (χ3n) is 2.22. The number of hydrogen-bond donors (Lipinski definition) is 0. The van der Waals surface area contributed by atoms with E-state index < -0.39 is 0 Å². The topological polar surface area (TPSA) is 27.1 Å². The second-order valence-corrected chi connectivity index (χ2v) is 4.48. The highest BCUT2D eigenvalue weighted by Gasteiger charge is 1.99. The number of rotatable bonds is 5. The minimum Gasteiger partial charge on any atom is -0.493 e. The van der Waals surface area contributed by atoms with Crippen LogP contribution in [0.2, 0.25) is 10.0 Å². The zero-order valence-corrected chi connectivity index (χ0v) is 10.7. The molecule has 90 valence electrons. The van der Waals surface area contributed by atoms with Crippen molar-refractivity contribution in [2.45, 2.75) is 13.0 Å². The van der Waals surface area contributed by atoms with Crippen molar-refractivity contribution >= 4 is 23.2 Å². The van der Waals surface area contributed by atoms with Crippen molar-refractivity contribution < 1.29 is 4.74 Å². The Bertz CT molecular complexity index is 451. The van der Waals surface area contributed by atoms with E-state index in [0.717, 1.165) is 13.0 Å². The molecular formula is C12H12Cl2N2O. The summed E-state index contributed by atoms with van der Waals surface area (Å²) in [6, 6.07) is 5.19. The second-order valence-electron chi connectivity index (χ2n) is 3.61. The van der Waals surface area contributed by atoms with Gasteiger partial charge in [0.1, 0.15) is 5.75 Å². The first-order valence-corrected chi connectivity index (χ1v) is 6.04. The molecule has 0 spiro atoms. The van der Waals surface area contributed by atoms with E-state index in [1.165, 1.54) is 0 Å². The van der Waals surface area contributed by atoms with E-state index in [-0.39, 0.29) is 0 Å². The van der Waals surface area contributed by atoms with Crippen LogP contribution in [0.4, 0.5) is 0 Å². The fourth-order valence-electron chi connectivity index (χ4n) is 1.47. The standard InChI is InChI=1S/C12H12Cl2N2O/c13-10-6-11(14)8-12(7-10)17-5-1-3-16-4-2-15-9-16/h2,4,6-9H,1,3,5H2. The molecule has 0 saturated carbocycles. The van der Waals surface area contributed by atoms with Gasteiger partial charge in [-0.05, 0) is 24.6 Å². The lowest BCUT2D eigenvalue weighted by Crippen LogP contribution is -2.03. The van der Waals surface area contributed by atoms with Crippen LogP contribution in [0.15, 0.2) is 36.9 Å². The summed E-state index contributed by atoms with van der Waals surface area (Å²) in [6.45, 7) is 1.50. The molecule has 17 heavy (non-hydrogen) atoms. The van der Waals surface area contributed by atoms with Gasteiger partial charge < -0.3 is 9.30 Å². The molecule has 0 radical (unpaired) electrons. The minimum absolute atomic E-state index is 0.585. The van der Waals surface area contributed by atoms with Gasteiger partial charge in [-0.3, -0.25) is 0 Å². The number of nitrogens with zero attached hydrogens (tertiary/aromatic N) is 2. The summed E-state index contributed by atoms with van der Waals surface area (Å²) in [7, 11) is 0. The van der Waals surface area contributed by atoms with E-state index in [2.05, 4.69) is 4.98 Å². The minimum atomic E-state index is 0.585. The molecular weight excluding hydrogens is 259 g/mol. The average Bonchev–Trinajstić information content (AvgIpc) is 2.76. The predicted molar refractivity (Wildman–Crippen MR) is 68.8 cm³/mol. The number of aryl methyl sites for hydroxylation is 1. The highest BCUT2D eigenvalue weighted by molar-refractivity contribution is 6.34. The van der Waals surface area contributed by atoms with Crippen LogP contribution < -0.4 is 4.74 Å². The van der Waals surface area contributed by atoms with Gasteiger partial charge in [0.05, 0.1) is 12.9 Å². The van der Waals surface area contributed by atoms with Gasteiger partial charge in [0, 0.05) is 29.0 Å². The summed E-state index contributed by atoms with van der Waals surface area (Å²) in [5.74, 6) is 0.702. The SMILES string of the molecule is Clc1cc(Cl)cc(OCCCn2ccnc2)c1. The van der Waals surface area contributed by atoms with Crippen molar-refractivity contribution in [2.75, 3.05) is 6.61 Å². The lowest BCUT2D eigenvalue weighted by molar-refractivity contribution is 0.302. The van der Waals surface area contributed by atoms with Crippen LogP contribution in [-0.4, -0.2) is 16.2 Å². The van der Waals surface area contributed by atoms with E-state index in [0.29, 0.717) is 22.4 Å². The maximum absolute atomic E-state index is 5.87. The fraction of sp³-hybridized carbons (Fsp3) is 0.250. The maximum Gasteiger partial charge on any atom is 0.122 e. The summed E-state index contributed by atoms with van der Waals surface area (Å²) in [4.78, 5) is 3.97. The number of halogens is 2. The van der Waals surface area contributed by atoms with Gasteiger partial charge in [0.25, 0.3) is 0 Å². The van der Waals surface area contributed by atoms with E-state index in [9.17, 15) is 0 Å². The molecule has 0 aliphatic carbocycles. The number of hydrogen-bond acceptors (Lipinski definition) is 2. The summed E-state index contributed by atoms with van der Waals surface area (Å²) in [5, 5.41) is 1.17. The van der Waals surface area contributed by atoms with Gasteiger partial charge in [0.15, 0.2) is 0 Å². The number of ether oxygens (including phenoxy) is 1. The Morgan fingerprint density at radius 2 is 1.94 bits per heavy atom. The molecule has 0 fully saturated rings. The molecule has 3 nitrogen and oxygen atoms in total. The third-order valence-corrected chi connectivity index (χ3v) is 2.66. The number of imidazole rings is 1. The van der Waals surface area contributed by atoms with Gasteiger partial charge in [-0.1, -0.05) is 23.2 Å². The molecule has 0 atom stereocenters. The van der Waals surface area contributed by atoms with Crippen LogP contribution in [0.3, 0.4) is 0 Å².